The van der Waals surface area contributed by atoms with Crippen molar-refractivity contribution in [1.82, 2.24) is 4.90 Å². The fourth-order valence-electron chi connectivity index (χ4n) is 1.67. The number of aliphatic hydroxyl groups is 1. The van der Waals surface area contributed by atoms with Gasteiger partial charge >= 0.3 is 0 Å². The molecule has 0 aromatic carbocycles. The molecule has 2 aromatic rings. The number of aliphatic hydroxyl groups excluding tert-OH is 1. The number of hydrogen-bond donors (Lipinski definition) is 1. The molecule has 0 fully saturated rings. The standard InChI is InChI=1S/C14H15NO2S/c1-15(9-12-6-8-17-11-12)10-14-5-4-13(18-14)3-2-7-16/h4-6,8,11,16H,7,9-10H2,1H3. The Morgan fingerprint density at radius 3 is 2.94 bits per heavy atom. The van der Waals surface area contributed by atoms with Crippen LogP contribution in [0.2, 0.25) is 0 Å². The van der Waals surface area contributed by atoms with Gasteiger partial charge in [0, 0.05) is 23.5 Å². The zero-order chi connectivity index (χ0) is 12.8. The van der Waals surface area contributed by atoms with Crippen molar-refractivity contribution in [3.63, 3.8) is 0 Å². The summed E-state index contributed by atoms with van der Waals surface area (Å²) in [6.45, 7) is 1.66. The summed E-state index contributed by atoms with van der Waals surface area (Å²) in [4.78, 5) is 4.49. The molecule has 0 aliphatic carbocycles. The van der Waals surface area contributed by atoms with E-state index in [9.17, 15) is 0 Å². The van der Waals surface area contributed by atoms with Gasteiger partial charge in [-0.05, 0) is 25.2 Å². The summed E-state index contributed by atoms with van der Waals surface area (Å²) in [5.74, 6) is 5.58. The van der Waals surface area contributed by atoms with Crippen LogP contribution in [0.25, 0.3) is 0 Å². The summed E-state index contributed by atoms with van der Waals surface area (Å²) in [5.41, 5.74) is 1.18. The number of nitrogens with zero attached hydrogens (tertiary/aromatic N) is 1. The number of furan rings is 1. The molecule has 94 valence electrons. The van der Waals surface area contributed by atoms with E-state index >= 15 is 0 Å². The highest BCUT2D eigenvalue weighted by atomic mass is 32.1. The highest BCUT2D eigenvalue weighted by Gasteiger charge is 2.04. The third-order valence-corrected chi connectivity index (χ3v) is 3.40. The fraction of sp³-hybridized carbons (Fsp3) is 0.286. The molecule has 2 aromatic heterocycles. The molecule has 0 atom stereocenters. The molecule has 0 spiro atoms. The quantitative estimate of drug-likeness (QED) is 0.858. The van der Waals surface area contributed by atoms with Gasteiger partial charge in [-0.3, -0.25) is 4.90 Å². The monoisotopic (exact) mass is 261 g/mol. The Hall–Kier alpha value is -1.54. The van der Waals surface area contributed by atoms with E-state index in [1.54, 1.807) is 23.9 Å². The van der Waals surface area contributed by atoms with E-state index in [1.165, 1.54) is 10.4 Å². The van der Waals surface area contributed by atoms with Gasteiger partial charge in [-0.25, -0.2) is 0 Å². The Bertz CT molecular complexity index is 534. The van der Waals surface area contributed by atoms with E-state index in [1.807, 2.05) is 12.1 Å². The Morgan fingerprint density at radius 2 is 2.22 bits per heavy atom. The molecule has 4 heteroatoms. The van der Waals surface area contributed by atoms with Gasteiger partial charge in [-0.2, -0.15) is 0 Å². The summed E-state index contributed by atoms with van der Waals surface area (Å²) < 4.78 is 5.05. The van der Waals surface area contributed by atoms with Crippen molar-refractivity contribution >= 4 is 11.3 Å². The summed E-state index contributed by atoms with van der Waals surface area (Å²) in [6.07, 6.45) is 3.46. The van der Waals surface area contributed by atoms with Crippen LogP contribution in [0.1, 0.15) is 15.3 Å². The second kappa shape index (κ2) is 6.41. The topological polar surface area (TPSA) is 36.6 Å². The van der Waals surface area contributed by atoms with Gasteiger partial charge in [-0.1, -0.05) is 11.8 Å². The largest absolute Gasteiger partial charge is 0.472 e. The maximum absolute atomic E-state index is 8.64. The minimum atomic E-state index is -0.0897. The Morgan fingerprint density at radius 1 is 1.33 bits per heavy atom. The van der Waals surface area contributed by atoms with Gasteiger partial charge in [0.1, 0.15) is 6.61 Å². The van der Waals surface area contributed by atoms with Crippen molar-refractivity contribution in [2.75, 3.05) is 13.7 Å². The van der Waals surface area contributed by atoms with Crippen molar-refractivity contribution in [2.24, 2.45) is 0 Å². The molecule has 0 bridgehead atoms. The average Bonchev–Trinajstić information content (AvgIpc) is 2.98. The molecule has 0 saturated heterocycles. The van der Waals surface area contributed by atoms with E-state index in [-0.39, 0.29) is 6.61 Å². The van der Waals surface area contributed by atoms with Gasteiger partial charge in [0.25, 0.3) is 0 Å². The first-order chi connectivity index (χ1) is 8.78. The number of thiophene rings is 1. The van der Waals surface area contributed by atoms with Gasteiger partial charge in [0.05, 0.1) is 17.4 Å². The molecule has 0 saturated carbocycles. The molecule has 2 rings (SSSR count). The molecular formula is C14H15NO2S. The lowest BCUT2D eigenvalue weighted by atomic mass is 10.3. The predicted molar refractivity (Wildman–Crippen MR) is 72.2 cm³/mol. The van der Waals surface area contributed by atoms with Crippen LogP contribution >= 0.6 is 11.3 Å². The molecule has 1 N–H and O–H groups in total. The summed E-state index contributed by atoms with van der Waals surface area (Å²) in [5, 5.41) is 8.64. The lowest BCUT2D eigenvalue weighted by Gasteiger charge is -2.13. The second-order valence-electron chi connectivity index (χ2n) is 4.03. The van der Waals surface area contributed by atoms with E-state index in [2.05, 4.69) is 29.9 Å². The normalized spacial score (nSPS) is 10.4. The fourth-order valence-corrected chi connectivity index (χ4v) is 2.64. The van der Waals surface area contributed by atoms with E-state index < -0.39 is 0 Å². The highest BCUT2D eigenvalue weighted by molar-refractivity contribution is 7.12. The molecule has 18 heavy (non-hydrogen) atoms. The molecule has 3 nitrogen and oxygen atoms in total. The predicted octanol–water partition coefficient (Wildman–Crippen LogP) is 2.32. The van der Waals surface area contributed by atoms with Crippen molar-refractivity contribution in [3.05, 3.63) is 46.0 Å². The molecular weight excluding hydrogens is 246 g/mol. The minimum Gasteiger partial charge on any atom is -0.472 e. The summed E-state index contributed by atoms with van der Waals surface area (Å²) in [6, 6.07) is 6.05. The third kappa shape index (κ3) is 3.74. The SMILES string of the molecule is CN(Cc1ccoc1)Cc1ccc(C#CCO)s1. The zero-order valence-electron chi connectivity index (χ0n) is 10.2. The Labute approximate surface area is 111 Å². The molecule has 2 heterocycles. The van der Waals surface area contributed by atoms with Crippen LogP contribution in [0.15, 0.2) is 35.1 Å². The van der Waals surface area contributed by atoms with Crippen LogP contribution in [0.5, 0.6) is 0 Å². The van der Waals surface area contributed by atoms with E-state index in [0.29, 0.717) is 0 Å². The smallest absolute Gasteiger partial charge is 0.104 e. The van der Waals surface area contributed by atoms with Crippen LogP contribution in [-0.4, -0.2) is 23.7 Å². The Kier molecular flexibility index (Phi) is 4.59. The van der Waals surface area contributed by atoms with Gasteiger partial charge in [0.15, 0.2) is 0 Å². The average molecular weight is 261 g/mol. The molecule has 0 unspecified atom stereocenters. The molecule has 0 amide bonds. The number of hydrogen-bond acceptors (Lipinski definition) is 4. The lowest BCUT2D eigenvalue weighted by molar-refractivity contribution is 0.320. The molecule has 0 aliphatic rings. The van der Waals surface area contributed by atoms with Crippen LogP contribution in [0.3, 0.4) is 0 Å². The van der Waals surface area contributed by atoms with Crippen molar-refractivity contribution in [1.29, 1.82) is 0 Å². The van der Waals surface area contributed by atoms with Crippen molar-refractivity contribution in [2.45, 2.75) is 13.1 Å². The van der Waals surface area contributed by atoms with Crippen LogP contribution in [0, 0.1) is 11.8 Å². The van der Waals surface area contributed by atoms with Crippen molar-refractivity contribution in [3.8, 4) is 11.8 Å². The van der Waals surface area contributed by atoms with E-state index in [0.717, 1.165) is 18.0 Å². The van der Waals surface area contributed by atoms with Crippen molar-refractivity contribution < 1.29 is 9.52 Å². The maximum Gasteiger partial charge on any atom is 0.104 e. The molecule has 0 aliphatic heterocycles. The first kappa shape index (κ1) is 12.9. The first-order valence-corrected chi connectivity index (χ1v) is 6.47. The summed E-state index contributed by atoms with van der Waals surface area (Å²) in [7, 11) is 2.08. The van der Waals surface area contributed by atoms with Gasteiger partial charge in [0.2, 0.25) is 0 Å². The maximum atomic E-state index is 8.64. The first-order valence-electron chi connectivity index (χ1n) is 5.66. The zero-order valence-corrected chi connectivity index (χ0v) is 11.0. The van der Waals surface area contributed by atoms with Crippen LogP contribution < -0.4 is 0 Å². The minimum absolute atomic E-state index is 0.0897. The van der Waals surface area contributed by atoms with Gasteiger partial charge < -0.3 is 9.52 Å². The lowest BCUT2D eigenvalue weighted by Crippen LogP contribution is -2.15. The van der Waals surface area contributed by atoms with Gasteiger partial charge in [-0.15, -0.1) is 11.3 Å². The van der Waals surface area contributed by atoms with Crippen LogP contribution in [0.4, 0.5) is 0 Å². The second-order valence-corrected chi connectivity index (χ2v) is 5.20. The Balaban J connectivity index is 1.90. The van der Waals surface area contributed by atoms with Crippen LogP contribution in [-0.2, 0) is 13.1 Å². The molecule has 0 radical (unpaired) electrons. The number of rotatable bonds is 4. The third-order valence-electron chi connectivity index (χ3n) is 2.41. The highest BCUT2D eigenvalue weighted by Crippen LogP contribution is 2.18. The van der Waals surface area contributed by atoms with E-state index in [4.69, 9.17) is 9.52 Å². The summed E-state index contributed by atoms with van der Waals surface area (Å²) >= 11 is 1.66.